The molecule has 2 aromatic carbocycles. The summed E-state index contributed by atoms with van der Waals surface area (Å²) in [4.78, 5) is 0. The Balaban J connectivity index is 1.73. The Hall–Kier alpha value is -2.25. The molecule has 2 aliphatic heterocycles. The summed E-state index contributed by atoms with van der Waals surface area (Å²) in [6, 6.07) is 14.7. The summed E-state index contributed by atoms with van der Waals surface area (Å²) in [5.41, 5.74) is 7.68. The second-order valence-electron chi connectivity index (χ2n) is 8.04. The summed E-state index contributed by atoms with van der Waals surface area (Å²) in [6.07, 6.45) is -0.747. The topological polar surface area (TPSA) is 56.5 Å². The molecule has 7 heteroatoms. The lowest BCUT2D eigenvalue weighted by Gasteiger charge is -2.51. The molecule has 4 nitrogen and oxygen atoms in total. The van der Waals surface area contributed by atoms with Gasteiger partial charge >= 0.3 is 6.36 Å². The maximum Gasteiger partial charge on any atom is 0.573 e. The number of hydrogen-bond acceptors (Lipinski definition) is 4. The van der Waals surface area contributed by atoms with Gasteiger partial charge in [0, 0.05) is 11.6 Å². The monoisotopic (exact) mass is 406 g/mol. The predicted octanol–water partition coefficient (Wildman–Crippen LogP) is 4.28. The first-order valence-electron chi connectivity index (χ1n) is 9.79. The van der Waals surface area contributed by atoms with E-state index in [1.165, 1.54) is 25.3 Å². The van der Waals surface area contributed by atoms with Gasteiger partial charge in [0.2, 0.25) is 0 Å². The van der Waals surface area contributed by atoms with Crippen molar-refractivity contribution in [3.63, 3.8) is 0 Å². The summed E-state index contributed by atoms with van der Waals surface area (Å²) in [7, 11) is 1.50. The standard InChI is InChI=1S/C22H25F3N2O2/c1-28-19-8-7-18(29-22(23,24)25)13-15(19)14-20(26)11-9-17-10-12-21(20,27-17)16-5-3-2-4-6-16/h2-8,13,17,27H,9-12,14,26H2,1H3. The van der Waals surface area contributed by atoms with Crippen molar-refractivity contribution in [1.29, 1.82) is 0 Å². The SMILES string of the molecule is COc1ccc(OC(F)(F)F)cc1CC1(N)CCC2CCC1(c1ccccc1)N2. The third-order valence-corrected chi connectivity index (χ3v) is 6.37. The van der Waals surface area contributed by atoms with E-state index >= 15 is 0 Å². The van der Waals surface area contributed by atoms with E-state index in [2.05, 4.69) is 22.2 Å². The molecule has 3 N–H and O–H groups in total. The van der Waals surface area contributed by atoms with Gasteiger partial charge in [0.1, 0.15) is 11.5 Å². The van der Waals surface area contributed by atoms with E-state index in [1.807, 2.05) is 18.2 Å². The Morgan fingerprint density at radius 2 is 1.83 bits per heavy atom. The van der Waals surface area contributed by atoms with Crippen LogP contribution in [0, 0.1) is 0 Å². The van der Waals surface area contributed by atoms with Gasteiger partial charge in [-0.05, 0) is 61.4 Å². The molecule has 0 radical (unpaired) electrons. The molecular formula is C22H25F3N2O2. The normalized spacial score (nSPS) is 28.9. The largest absolute Gasteiger partial charge is 0.573 e. The van der Waals surface area contributed by atoms with Crippen molar-refractivity contribution in [3.05, 3.63) is 59.7 Å². The molecule has 0 amide bonds. The minimum atomic E-state index is -4.75. The van der Waals surface area contributed by atoms with Crippen LogP contribution in [0.3, 0.4) is 0 Å². The first-order valence-corrected chi connectivity index (χ1v) is 9.79. The predicted molar refractivity (Wildman–Crippen MR) is 104 cm³/mol. The highest BCUT2D eigenvalue weighted by Crippen LogP contribution is 2.50. The van der Waals surface area contributed by atoms with E-state index in [4.69, 9.17) is 10.5 Å². The number of alkyl halides is 3. The van der Waals surface area contributed by atoms with Crippen molar-refractivity contribution < 1.29 is 22.6 Å². The van der Waals surface area contributed by atoms with Crippen LogP contribution in [0.25, 0.3) is 0 Å². The Morgan fingerprint density at radius 1 is 1.10 bits per heavy atom. The highest BCUT2D eigenvalue weighted by atomic mass is 19.4. The highest BCUT2D eigenvalue weighted by molar-refractivity contribution is 5.44. The molecule has 3 atom stereocenters. The van der Waals surface area contributed by atoms with Crippen molar-refractivity contribution in [2.45, 2.75) is 55.6 Å². The van der Waals surface area contributed by atoms with Gasteiger partial charge in [-0.3, -0.25) is 0 Å². The van der Waals surface area contributed by atoms with Gasteiger partial charge in [-0.15, -0.1) is 13.2 Å². The molecule has 2 heterocycles. The molecule has 4 rings (SSSR count). The minimum absolute atomic E-state index is 0.265. The molecule has 0 aliphatic carbocycles. The van der Waals surface area contributed by atoms with E-state index in [9.17, 15) is 13.2 Å². The maximum atomic E-state index is 12.7. The number of hydrogen-bond donors (Lipinski definition) is 2. The van der Waals surface area contributed by atoms with Crippen molar-refractivity contribution in [1.82, 2.24) is 5.32 Å². The average molecular weight is 406 g/mol. The van der Waals surface area contributed by atoms with E-state index in [0.717, 1.165) is 31.2 Å². The second-order valence-corrected chi connectivity index (χ2v) is 8.04. The smallest absolute Gasteiger partial charge is 0.496 e. The third-order valence-electron chi connectivity index (χ3n) is 6.37. The Bertz CT molecular complexity index is 874. The summed E-state index contributed by atoms with van der Waals surface area (Å²) in [5, 5.41) is 3.74. The molecule has 0 aromatic heterocycles. The first-order chi connectivity index (χ1) is 13.7. The summed E-state index contributed by atoms with van der Waals surface area (Å²) in [6.45, 7) is 0. The molecule has 0 spiro atoms. The zero-order valence-corrected chi connectivity index (χ0v) is 16.3. The minimum Gasteiger partial charge on any atom is -0.496 e. The number of rotatable bonds is 5. The van der Waals surface area contributed by atoms with Crippen molar-refractivity contribution in [3.8, 4) is 11.5 Å². The Kier molecular flexibility index (Phi) is 4.99. The van der Waals surface area contributed by atoms with Crippen LogP contribution < -0.4 is 20.5 Å². The van der Waals surface area contributed by atoms with Gasteiger partial charge < -0.3 is 20.5 Å². The molecule has 156 valence electrons. The molecule has 2 aromatic rings. The average Bonchev–Trinajstić information content (AvgIpc) is 3.07. The van der Waals surface area contributed by atoms with Gasteiger partial charge in [-0.2, -0.15) is 0 Å². The van der Waals surface area contributed by atoms with E-state index in [-0.39, 0.29) is 5.75 Å². The fourth-order valence-electron chi connectivity index (χ4n) is 5.05. The van der Waals surface area contributed by atoms with Gasteiger partial charge in [0.25, 0.3) is 0 Å². The van der Waals surface area contributed by atoms with Crippen LogP contribution >= 0.6 is 0 Å². The quantitative estimate of drug-likeness (QED) is 0.779. The fourth-order valence-corrected chi connectivity index (χ4v) is 5.05. The lowest BCUT2D eigenvalue weighted by Crippen LogP contribution is -2.67. The summed E-state index contributed by atoms with van der Waals surface area (Å²) in [5.74, 6) is 0.242. The number of ether oxygens (including phenoxy) is 2. The van der Waals surface area contributed by atoms with Crippen LogP contribution in [0.5, 0.6) is 11.5 Å². The number of nitrogens with one attached hydrogen (secondary N) is 1. The molecule has 2 saturated heterocycles. The molecule has 29 heavy (non-hydrogen) atoms. The highest BCUT2D eigenvalue weighted by Gasteiger charge is 2.56. The van der Waals surface area contributed by atoms with Crippen molar-refractivity contribution in [2.24, 2.45) is 5.73 Å². The van der Waals surface area contributed by atoms with Gasteiger partial charge in [0.15, 0.2) is 0 Å². The summed E-state index contributed by atoms with van der Waals surface area (Å²) < 4.78 is 47.7. The van der Waals surface area contributed by atoms with Gasteiger partial charge in [0.05, 0.1) is 12.6 Å². The number of methoxy groups -OCH3 is 1. The summed E-state index contributed by atoms with van der Waals surface area (Å²) >= 11 is 0. The van der Waals surface area contributed by atoms with E-state index in [1.54, 1.807) is 0 Å². The van der Waals surface area contributed by atoms with Gasteiger partial charge in [-0.1, -0.05) is 30.3 Å². The third kappa shape index (κ3) is 3.69. The number of halogens is 3. The molecule has 0 saturated carbocycles. The second kappa shape index (κ2) is 7.22. The van der Waals surface area contributed by atoms with E-state index < -0.39 is 17.4 Å². The number of nitrogens with two attached hydrogens (primary N) is 1. The van der Waals surface area contributed by atoms with Crippen LogP contribution in [0.15, 0.2) is 48.5 Å². The Morgan fingerprint density at radius 3 is 2.52 bits per heavy atom. The molecule has 2 bridgehead atoms. The fraction of sp³-hybridized carbons (Fsp3) is 0.455. The number of benzene rings is 2. The maximum absolute atomic E-state index is 12.7. The molecule has 3 unspecified atom stereocenters. The first kappa shape index (κ1) is 20.0. The van der Waals surface area contributed by atoms with Crippen LogP contribution in [-0.2, 0) is 12.0 Å². The van der Waals surface area contributed by atoms with Crippen LogP contribution in [0.2, 0.25) is 0 Å². The zero-order valence-electron chi connectivity index (χ0n) is 16.3. The molecular weight excluding hydrogens is 381 g/mol. The van der Waals surface area contributed by atoms with Crippen LogP contribution in [-0.4, -0.2) is 25.1 Å². The lowest BCUT2D eigenvalue weighted by atomic mass is 9.66. The lowest BCUT2D eigenvalue weighted by molar-refractivity contribution is -0.274. The number of fused-ring (bicyclic) bond motifs is 2. The van der Waals surface area contributed by atoms with Crippen LogP contribution in [0.4, 0.5) is 13.2 Å². The van der Waals surface area contributed by atoms with Gasteiger partial charge in [-0.25, -0.2) is 0 Å². The molecule has 2 aliphatic rings. The molecule has 2 fully saturated rings. The van der Waals surface area contributed by atoms with Crippen molar-refractivity contribution in [2.75, 3.05) is 7.11 Å². The van der Waals surface area contributed by atoms with E-state index in [0.29, 0.717) is 23.8 Å². The Labute approximate surface area is 168 Å². The zero-order chi connectivity index (χ0) is 20.7. The number of piperidine rings is 1. The van der Waals surface area contributed by atoms with Crippen LogP contribution in [0.1, 0.15) is 36.8 Å². The van der Waals surface area contributed by atoms with Crippen molar-refractivity contribution >= 4 is 0 Å².